The zero-order chi connectivity index (χ0) is 11.7. The lowest BCUT2D eigenvalue weighted by atomic mass is 10.3. The maximum atomic E-state index is 5.80. The number of nitrogens with zero attached hydrogens (tertiary/aromatic N) is 2. The van der Waals surface area contributed by atoms with Crippen molar-refractivity contribution in [2.45, 2.75) is 0 Å². The highest BCUT2D eigenvalue weighted by atomic mass is 79.9. The third-order valence-corrected chi connectivity index (χ3v) is 3.22. The van der Waals surface area contributed by atoms with Crippen LogP contribution in [0.4, 0.5) is 17.2 Å². The van der Waals surface area contributed by atoms with E-state index >= 15 is 0 Å². The SMILES string of the molecule is Cn1cc(N)c(Nc2cc(Br)ccc2Br)n1. The molecule has 0 unspecified atom stereocenters. The van der Waals surface area contributed by atoms with Crippen molar-refractivity contribution >= 4 is 49.1 Å². The van der Waals surface area contributed by atoms with Gasteiger partial charge in [0.2, 0.25) is 0 Å². The van der Waals surface area contributed by atoms with E-state index in [-0.39, 0.29) is 0 Å². The van der Waals surface area contributed by atoms with E-state index in [0.29, 0.717) is 11.5 Å². The van der Waals surface area contributed by atoms with Crippen molar-refractivity contribution in [3.05, 3.63) is 33.3 Å². The number of halogens is 2. The Hall–Kier alpha value is -1.01. The monoisotopic (exact) mass is 344 g/mol. The van der Waals surface area contributed by atoms with Crippen molar-refractivity contribution in [2.75, 3.05) is 11.1 Å². The molecule has 1 heterocycles. The van der Waals surface area contributed by atoms with E-state index in [4.69, 9.17) is 5.73 Å². The quantitative estimate of drug-likeness (QED) is 0.878. The van der Waals surface area contributed by atoms with Crippen LogP contribution in [0.25, 0.3) is 0 Å². The predicted octanol–water partition coefficient (Wildman–Crippen LogP) is 3.27. The van der Waals surface area contributed by atoms with E-state index in [1.807, 2.05) is 25.2 Å². The summed E-state index contributed by atoms with van der Waals surface area (Å²) >= 11 is 6.88. The van der Waals surface area contributed by atoms with Gasteiger partial charge in [-0.25, -0.2) is 0 Å². The third-order valence-electron chi connectivity index (χ3n) is 2.04. The lowest BCUT2D eigenvalue weighted by molar-refractivity contribution is 0.771. The highest BCUT2D eigenvalue weighted by Gasteiger charge is 2.07. The lowest BCUT2D eigenvalue weighted by Gasteiger charge is -2.06. The molecule has 0 aliphatic heterocycles. The van der Waals surface area contributed by atoms with Gasteiger partial charge in [-0.05, 0) is 34.1 Å². The van der Waals surface area contributed by atoms with Crippen LogP contribution in [0.15, 0.2) is 33.3 Å². The Morgan fingerprint density at radius 3 is 2.75 bits per heavy atom. The van der Waals surface area contributed by atoms with Crippen LogP contribution < -0.4 is 11.1 Å². The molecule has 0 aliphatic rings. The summed E-state index contributed by atoms with van der Waals surface area (Å²) in [4.78, 5) is 0. The molecule has 0 radical (unpaired) electrons. The fourth-order valence-electron chi connectivity index (χ4n) is 1.32. The second-order valence-corrected chi connectivity index (χ2v) is 5.13. The molecule has 1 aromatic heterocycles. The van der Waals surface area contributed by atoms with E-state index in [9.17, 15) is 0 Å². The summed E-state index contributed by atoms with van der Waals surface area (Å²) < 4.78 is 3.62. The summed E-state index contributed by atoms with van der Waals surface area (Å²) in [6.45, 7) is 0. The fraction of sp³-hybridized carbons (Fsp3) is 0.100. The number of hydrogen-bond donors (Lipinski definition) is 2. The molecule has 2 aromatic rings. The largest absolute Gasteiger partial charge is 0.394 e. The highest BCUT2D eigenvalue weighted by molar-refractivity contribution is 9.11. The number of aryl methyl sites for hydroxylation is 1. The Bertz CT molecular complexity index is 522. The second-order valence-electron chi connectivity index (χ2n) is 3.36. The highest BCUT2D eigenvalue weighted by Crippen LogP contribution is 2.30. The maximum Gasteiger partial charge on any atom is 0.175 e. The molecule has 16 heavy (non-hydrogen) atoms. The number of aromatic nitrogens is 2. The standard InChI is InChI=1S/C10H10Br2N4/c1-16-5-8(13)10(15-16)14-9-4-6(11)2-3-7(9)12/h2-5H,13H2,1H3,(H,14,15). The molecule has 0 amide bonds. The van der Waals surface area contributed by atoms with Crippen molar-refractivity contribution in [2.24, 2.45) is 7.05 Å². The van der Waals surface area contributed by atoms with Gasteiger partial charge >= 0.3 is 0 Å². The first kappa shape index (κ1) is 11.5. The summed E-state index contributed by atoms with van der Waals surface area (Å²) in [6.07, 6.45) is 1.76. The lowest BCUT2D eigenvalue weighted by Crippen LogP contribution is -1.96. The molecular formula is C10H10Br2N4. The Kier molecular flexibility index (Phi) is 3.20. The molecule has 0 fully saturated rings. The molecule has 0 aliphatic carbocycles. The van der Waals surface area contributed by atoms with Crippen molar-refractivity contribution in [1.82, 2.24) is 9.78 Å². The minimum absolute atomic E-state index is 0.620. The average molecular weight is 346 g/mol. The Labute approximate surface area is 110 Å². The van der Waals surface area contributed by atoms with Crippen LogP contribution in [0.5, 0.6) is 0 Å². The topological polar surface area (TPSA) is 55.9 Å². The Morgan fingerprint density at radius 1 is 1.38 bits per heavy atom. The fourth-order valence-corrected chi connectivity index (χ4v) is 2.03. The summed E-state index contributed by atoms with van der Waals surface area (Å²) in [6, 6.07) is 5.86. The molecule has 0 saturated carbocycles. The zero-order valence-corrected chi connectivity index (χ0v) is 11.7. The van der Waals surface area contributed by atoms with Crippen molar-refractivity contribution in [1.29, 1.82) is 0 Å². The average Bonchev–Trinajstić information content (AvgIpc) is 2.51. The number of hydrogen-bond acceptors (Lipinski definition) is 3. The number of anilines is 3. The molecule has 84 valence electrons. The van der Waals surface area contributed by atoms with E-state index in [1.165, 1.54) is 0 Å². The van der Waals surface area contributed by atoms with Crippen LogP contribution in [0, 0.1) is 0 Å². The number of nitrogen functional groups attached to an aromatic ring is 1. The van der Waals surface area contributed by atoms with Gasteiger partial charge in [0.1, 0.15) is 0 Å². The van der Waals surface area contributed by atoms with Crippen LogP contribution in [-0.4, -0.2) is 9.78 Å². The van der Waals surface area contributed by atoms with E-state index in [1.54, 1.807) is 10.9 Å². The van der Waals surface area contributed by atoms with Crippen molar-refractivity contribution in [3.63, 3.8) is 0 Å². The number of nitrogens with two attached hydrogens (primary N) is 1. The number of benzene rings is 1. The molecule has 1 aromatic carbocycles. The van der Waals surface area contributed by atoms with E-state index in [0.717, 1.165) is 14.6 Å². The molecule has 3 N–H and O–H groups in total. The molecule has 0 spiro atoms. The number of rotatable bonds is 2. The van der Waals surface area contributed by atoms with E-state index in [2.05, 4.69) is 42.3 Å². The van der Waals surface area contributed by atoms with Crippen LogP contribution in [0.2, 0.25) is 0 Å². The first-order chi connectivity index (χ1) is 7.56. The van der Waals surface area contributed by atoms with Gasteiger partial charge in [-0.1, -0.05) is 15.9 Å². The van der Waals surface area contributed by atoms with Crippen LogP contribution >= 0.6 is 31.9 Å². The van der Waals surface area contributed by atoms with E-state index < -0.39 is 0 Å². The molecular weight excluding hydrogens is 336 g/mol. The molecule has 0 atom stereocenters. The van der Waals surface area contributed by atoms with Crippen LogP contribution in [-0.2, 0) is 7.05 Å². The summed E-state index contributed by atoms with van der Waals surface area (Å²) in [5.41, 5.74) is 7.34. The molecule has 2 rings (SSSR count). The summed E-state index contributed by atoms with van der Waals surface area (Å²) in [7, 11) is 1.83. The molecule has 0 saturated heterocycles. The first-order valence-corrected chi connectivity index (χ1v) is 6.16. The van der Waals surface area contributed by atoms with Crippen molar-refractivity contribution in [3.8, 4) is 0 Å². The van der Waals surface area contributed by atoms with Gasteiger partial charge in [-0.15, -0.1) is 0 Å². The van der Waals surface area contributed by atoms with Gasteiger partial charge in [-0.3, -0.25) is 4.68 Å². The van der Waals surface area contributed by atoms with Gasteiger partial charge in [0.25, 0.3) is 0 Å². The molecule has 0 bridgehead atoms. The van der Waals surface area contributed by atoms with Gasteiger partial charge in [0, 0.05) is 22.2 Å². The first-order valence-electron chi connectivity index (χ1n) is 4.57. The second kappa shape index (κ2) is 4.47. The predicted molar refractivity (Wildman–Crippen MR) is 72.7 cm³/mol. The van der Waals surface area contributed by atoms with Gasteiger partial charge in [0.15, 0.2) is 5.82 Å². The number of nitrogens with one attached hydrogen (secondary N) is 1. The minimum Gasteiger partial charge on any atom is -0.394 e. The summed E-state index contributed by atoms with van der Waals surface area (Å²) in [5, 5.41) is 7.39. The third kappa shape index (κ3) is 2.38. The van der Waals surface area contributed by atoms with Gasteiger partial charge in [0.05, 0.1) is 11.4 Å². The summed E-state index contributed by atoms with van der Waals surface area (Å²) in [5.74, 6) is 0.654. The maximum absolute atomic E-state index is 5.80. The van der Waals surface area contributed by atoms with Crippen molar-refractivity contribution < 1.29 is 0 Å². The van der Waals surface area contributed by atoms with Crippen LogP contribution in [0.3, 0.4) is 0 Å². The zero-order valence-electron chi connectivity index (χ0n) is 8.54. The van der Waals surface area contributed by atoms with Gasteiger partial charge in [-0.2, -0.15) is 5.10 Å². The van der Waals surface area contributed by atoms with Crippen LogP contribution in [0.1, 0.15) is 0 Å². The Morgan fingerprint density at radius 2 is 2.12 bits per heavy atom. The minimum atomic E-state index is 0.620. The molecule has 6 heteroatoms. The molecule has 4 nitrogen and oxygen atoms in total. The smallest absolute Gasteiger partial charge is 0.175 e. The normalized spacial score (nSPS) is 10.4. The van der Waals surface area contributed by atoms with Gasteiger partial charge < -0.3 is 11.1 Å². The Balaban J connectivity index is 2.33.